The zero-order valence-corrected chi connectivity index (χ0v) is 9.04. The van der Waals surface area contributed by atoms with Gasteiger partial charge in [-0.05, 0) is 29.0 Å². The van der Waals surface area contributed by atoms with Crippen LogP contribution in [0.5, 0.6) is 0 Å². The largest absolute Gasteiger partial charge is 0.265 e. The van der Waals surface area contributed by atoms with Crippen LogP contribution in [0.25, 0.3) is 0 Å². The Morgan fingerprint density at radius 2 is 1.85 bits per heavy atom. The van der Waals surface area contributed by atoms with Crippen molar-refractivity contribution in [1.82, 2.24) is 4.98 Å². The summed E-state index contributed by atoms with van der Waals surface area (Å²) in [5.74, 6) is 0.598. The van der Waals surface area contributed by atoms with Crippen LogP contribution in [0.3, 0.4) is 0 Å². The van der Waals surface area contributed by atoms with E-state index in [9.17, 15) is 0 Å². The monoisotopic (exact) mass is 177 g/mol. The molecule has 13 heavy (non-hydrogen) atoms. The van der Waals surface area contributed by atoms with Gasteiger partial charge in [0, 0.05) is 12.4 Å². The van der Waals surface area contributed by atoms with E-state index in [1.54, 1.807) is 0 Å². The van der Waals surface area contributed by atoms with Gasteiger partial charge in [0.05, 0.1) is 0 Å². The van der Waals surface area contributed by atoms with Crippen molar-refractivity contribution in [3.05, 3.63) is 30.1 Å². The van der Waals surface area contributed by atoms with Gasteiger partial charge in [-0.1, -0.05) is 34.1 Å². The third-order valence-electron chi connectivity index (χ3n) is 3.29. The highest BCUT2D eigenvalue weighted by molar-refractivity contribution is 5.17. The SMILES string of the molecule is CCC(C)(C)C(C)c1ccncc1. The Morgan fingerprint density at radius 3 is 2.31 bits per heavy atom. The van der Waals surface area contributed by atoms with Crippen molar-refractivity contribution in [2.45, 2.75) is 40.0 Å². The summed E-state index contributed by atoms with van der Waals surface area (Å²) in [7, 11) is 0. The number of hydrogen-bond acceptors (Lipinski definition) is 1. The molecule has 0 radical (unpaired) electrons. The van der Waals surface area contributed by atoms with Crippen LogP contribution >= 0.6 is 0 Å². The lowest BCUT2D eigenvalue weighted by molar-refractivity contribution is 0.289. The second-order valence-corrected chi connectivity index (χ2v) is 4.34. The molecule has 1 rings (SSSR count). The number of nitrogens with zero attached hydrogens (tertiary/aromatic N) is 1. The minimum atomic E-state index is 0.376. The Morgan fingerprint density at radius 1 is 1.31 bits per heavy atom. The Kier molecular flexibility index (Phi) is 3.07. The van der Waals surface area contributed by atoms with Crippen molar-refractivity contribution in [3.63, 3.8) is 0 Å². The van der Waals surface area contributed by atoms with Gasteiger partial charge in [-0.3, -0.25) is 4.98 Å². The first-order chi connectivity index (χ1) is 6.08. The average Bonchev–Trinajstić information content (AvgIpc) is 2.18. The molecule has 0 bridgehead atoms. The standard InChI is InChI=1S/C12H19N/c1-5-12(3,4)10(2)11-6-8-13-9-7-11/h6-10H,5H2,1-4H3. The predicted molar refractivity (Wildman–Crippen MR) is 56.7 cm³/mol. The smallest absolute Gasteiger partial charge is 0.0270 e. The highest BCUT2D eigenvalue weighted by atomic mass is 14.6. The molecule has 0 aliphatic carbocycles. The van der Waals surface area contributed by atoms with Gasteiger partial charge in [0.15, 0.2) is 0 Å². The molecule has 1 atom stereocenters. The molecule has 1 nitrogen and oxygen atoms in total. The molecule has 0 fully saturated rings. The van der Waals surface area contributed by atoms with Crippen molar-refractivity contribution in [2.75, 3.05) is 0 Å². The first kappa shape index (κ1) is 10.2. The van der Waals surface area contributed by atoms with Gasteiger partial charge in [0.1, 0.15) is 0 Å². The van der Waals surface area contributed by atoms with Crippen molar-refractivity contribution in [2.24, 2.45) is 5.41 Å². The van der Waals surface area contributed by atoms with Crippen LogP contribution in [0, 0.1) is 5.41 Å². The van der Waals surface area contributed by atoms with Gasteiger partial charge in [-0.25, -0.2) is 0 Å². The Labute approximate surface area is 81.2 Å². The molecule has 0 amide bonds. The molecule has 0 aliphatic heterocycles. The van der Waals surface area contributed by atoms with Crippen molar-refractivity contribution < 1.29 is 0 Å². The molecular formula is C12H19N. The number of rotatable bonds is 3. The Bertz CT molecular complexity index is 251. The van der Waals surface area contributed by atoms with Gasteiger partial charge >= 0.3 is 0 Å². The van der Waals surface area contributed by atoms with Crippen molar-refractivity contribution in [3.8, 4) is 0 Å². The van der Waals surface area contributed by atoms with Gasteiger partial charge in [-0.2, -0.15) is 0 Å². The number of hydrogen-bond donors (Lipinski definition) is 0. The average molecular weight is 177 g/mol. The summed E-state index contributed by atoms with van der Waals surface area (Å²) in [6, 6.07) is 4.23. The maximum Gasteiger partial charge on any atom is 0.0270 e. The van der Waals surface area contributed by atoms with E-state index in [0.717, 1.165) is 0 Å². The Hall–Kier alpha value is -0.850. The van der Waals surface area contributed by atoms with Crippen LogP contribution < -0.4 is 0 Å². The third-order valence-corrected chi connectivity index (χ3v) is 3.29. The third kappa shape index (κ3) is 2.30. The fraction of sp³-hybridized carbons (Fsp3) is 0.583. The summed E-state index contributed by atoms with van der Waals surface area (Å²) in [6.07, 6.45) is 4.95. The molecule has 0 spiro atoms. The molecule has 1 aromatic heterocycles. The second-order valence-electron chi connectivity index (χ2n) is 4.34. The zero-order chi connectivity index (χ0) is 9.90. The minimum absolute atomic E-state index is 0.376. The zero-order valence-electron chi connectivity index (χ0n) is 9.04. The molecule has 1 unspecified atom stereocenters. The van der Waals surface area contributed by atoms with Crippen LogP contribution in [0.15, 0.2) is 24.5 Å². The number of aromatic nitrogens is 1. The molecule has 72 valence electrons. The van der Waals surface area contributed by atoms with Crippen LogP contribution in [0.1, 0.15) is 45.6 Å². The van der Waals surface area contributed by atoms with Gasteiger partial charge in [0.2, 0.25) is 0 Å². The van der Waals surface area contributed by atoms with Crippen molar-refractivity contribution >= 4 is 0 Å². The van der Waals surface area contributed by atoms with Crippen LogP contribution in [-0.4, -0.2) is 4.98 Å². The summed E-state index contributed by atoms with van der Waals surface area (Å²) in [6.45, 7) is 9.17. The van der Waals surface area contributed by atoms with E-state index in [4.69, 9.17) is 0 Å². The lowest BCUT2D eigenvalue weighted by atomic mass is 9.74. The molecule has 1 aromatic rings. The molecule has 0 saturated carbocycles. The summed E-state index contributed by atoms with van der Waals surface area (Å²) in [5.41, 5.74) is 1.77. The normalized spacial score (nSPS) is 14.2. The van der Waals surface area contributed by atoms with Crippen molar-refractivity contribution in [1.29, 1.82) is 0 Å². The van der Waals surface area contributed by atoms with Gasteiger partial charge in [0.25, 0.3) is 0 Å². The van der Waals surface area contributed by atoms with Gasteiger partial charge < -0.3 is 0 Å². The molecule has 0 aliphatic rings. The fourth-order valence-electron chi connectivity index (χ4n) is 1.41. The first-order valence-corrected chi connectivity index (χ1v) is 4.98. The fourth-order valence-corrected chi connectivity index (χ4v) is 1.41. The van der Waals surface area contributed by atoms with E-state index < -0.39 is 0 Å². The summed E-state index contributed by atoms with van der Waals surface area (Å²) in [5, 5.41) is 0. The first-order valence-electron chi connectivity index (χ1n) is 4.98. The van der Waals surface area contributed by atoms with Gasteiger partial charge in [-0.15, -0.1) is 0 Å². The van der Waals surface area contributed by atoms with E-state index in [1.807, 2.05) is 12.4 Å². The summed E-state index contributed by atoms with van der Waals surface area (Å²) >= 11 is 0. The highest BCUT2D eigenvalue weighted by Gasteiger charge is 2.24. The van der Waals surface area contributed by atoms with E-state index in [0.29, 0.717) is 11.3 Å². The lowest BCUT2D eigenvalue weighted by Gasteiger charge is -2.30. The maximum atomic E-state index is 4.04. The maximum absolute atomic E-state index is 4.04. The molecule has 0 aromatic carbocycles. The topological polar surface area (TPSA) is 12.9 Å². The van der Waals surface area contributed by atoms with Crippen LogP contribution in [-0.2, 0) is 0 Å². The summed E-state index contributed by atoms with van der Waals surface area (Å²) in [4.78, 5) is 4.04. The van der Waals surface area contributed by atoms with E-state index >= 15 is 0 Å². The molecule has 0 saturated heterocycles. The number of pyridine rings is 1. The minimum Gasteiger partial charge on any atom is -0.265 e. The second kappa shape index (κ2) is 3.91. The quantitative estimate of drug-likeness (QED) is 0.687. The lowest BCUT2D eigenvalue weighted by Crippen LogP contribution is -2.18. The highest BCUT2D eigenvalue weighted by Crippen LogP contribution is 2.37. The van der Waals surface area contributed by atoms with E-state index in [-0.39, 0.29) is 0 Å². The summed E-state index contributed by atoms with van der Waals surface area (Å²) < 4.78 is 0. The van der Waals surface area contributed by atoms with Crippen LogP contribution in [0.2, 0.25) is 0 Å². The predicted octanol–water partition coefficient (Wildman–Crippen LogP) is 3.62. The molecule has 0 N–H and O–H groups in total. The molecular weight excluding hydrogens is 158 g/mol. The Balaban J connectivity index is 2.85. The van der Waals surface area contributed by atoms with E-state index in [1.165, 1.54) is 12.0 Å². The van der Waals surface area contributed by atoms with Crippen LogP contribution in [0.4, 0.5) is 0 Å². The van der Waals surface area contributed by atoms with E-state index in [2.05, 4.69) is 44.8 Å². The molecule has 1 heterocycles. The molecule has 1 heteroatoms.